The molecular formula is C29H33N3O5. The molecule has 37 heavy (non-hydrogen) atoms. The number of carbonyl (C=O) groups is 2. The van der Waals surface area contributed by atoms with Crippen LogP contribution in [-0.4, -0.2) is 53.4 Å². The van der Waals surface area contributed by atoms with Gasteiger partial charge >= 0.3 is 12.1 Å². The molecule has 2 heterocycles. The highest BCUT2D eigenvalue weighted by molar-refractivity contribution is 5.83. The van der Waals surface area contributed by atoms with Gasteiger partial charge in [0, 0.05) is 37.6 Å². The summed E-state index contributed by atoms with van der Waals surface area (Å²) in [5, 5.41) is 10.2. The van der Waals surface area contributed by atoms with Crippen LogP contribution in [0.4, 0.5) is 4.79 Å². The third-order valence-corrected chi connectivity index (χ3v) is 6.55. The topological polar surface area (TPSA) is 93.8 Å². The van der Waals surface area contributed by atoms with Crippen LogP contribution < -0.4 is 4.74 Å². The standard InChI is InChI=1S/C29H33N3O5/c1-29(2,3)37-28(34)32-13-12-24(18-32)36-23-10-8-20(9-11-23)25(27(33)35-5)16-22-15-21-7-6-19(17-30)14-26(21)31(22)4/h6-11,14-15,24-25H,12-13,16,18H2,1-5H3/t24-,25?/m0/s1. The molecule has 0 N–H and O–H groups in total. The van der Waals surface area contributed by atoms with Crippen molar-refractivity contribution in [2.45, 2.75) is 51.2 Å². The number of benzene rings is 2. The van der Waals surface area contributed by atoms with Crippen molar-refractivity contribution in [2.24, 2.45) is 7.05 Å². The van der Waals surface area contributed by atoms with Crippen molar-refractivity contribution >= 4 is 23.0 Å². The Labute approximate surface area is 217 Å². The number of amides is 1. The van der Waals surface area contributed by atoms with Crippen molar-refractivity contribution in [2.75, 3.05) is 20.2 Å². The monoisotopic (exact) mass is 503 g/mol. The molecule has 8 nitrogen and oxygen atoms in total. The number of aryl methyl sites for hydroxylation is 1. The van der Waals surface area contributed by atoms with E-state index in [1.807, 2.05) is 74.9 Å². The number of fused-ring (bicyclic) bond motifs is 1. The molecule has 0 bridgehead atoms. The number of hydrogen-bond donors (Lipinski definition) is 0. The van der Waals surface area contributed by atoms with Crippen LogP contribution in [0, 0.1) is 11.3 Å². The van der Waals surface area contributed by atoms with E-state index in [4.69, 9.17) is 14.2 Å². The quantitative estimate of drug-likeness (QED) is 0.443. The average Bonchev–Trinajstić information content (AvgIpc) is 3.46. The predicted octanol–water partition coefficient (Wildman–Crippen LogP) is 4.94. The van der Waals surface area contributed by atoms with Crippen LogP contribution in [0.5, 0.6) is 5.75 Å². The van der Waals surface area contributed by atoms with Gasteiger partial charge in [-0.3, -0.25) is 4.79 Å². The minimum absolute atomic E-state index is 0.121. The molecule has 1 aromatic heterocycles. The van der Waals surface area contributed by atoms with Crippen LogP contribution in [0.1, 0.15) is 49.9 Å². The second-order valence-corrected chi connectivity index (χ2v) is 10.4. The first kappa shape index (κ1) is 26.1. The van der Waals surface area contributed by atoms with Gasteiger partial charge < -0.3 is 23.7 Å². The highest BCUT2D eigenvalue weighted by atomic mass is 16.6. The van der Waals surface area contributed by atoms with E-state index in [-0.39, 0.29) is 18.2 Å². The van der Waals surface area contributed by atoms with Crippen LogP contribution in [0.2, 0.25) is 0 Å². The molecule has 3 aromatic rings. The molecule has 1 aliphatic rings. The highest BCUT2D eigenvalue weighted by Crippen LogP contribution is 2.29. The molecule has 2 atom stereocenters. The summed E-state index contributed by atoms with van der Waals surface area (Å²) >= 11 is 0. The third-order valence-electron chi connectivity index (χ3n) is 6.55. The van der Waals surface area contributed by atoms with Gasteiger partial charge in [-0.05, 0) is 62.1 Å². The highest BCUT2D eigenvalue weighted by Gasteiger charge is 2.31. The van der Waals surface area contributed by atoms with E-state index in [1.165, 1.54) is 7.11 Å². The molecule has 0 spiro atoms. The molecule has 1 saturated heterocycles. The van der Waals surface area contributed by atoms with E-state index in [0.717, 1.165) is 28.6 Å². The van der Waals surface area contributed by atoms with Gasteiger partial charge in [-0.25, -0.2) is 4.79 Å². The van der Waals surface area contributed by atoms with Gasteiger partial charge in [-0.2, -0.15) is 5.26 Å². The maximum atomic E-state index is 12.8. The summed E-state index contributed by atoms with van der Waals surface area (Å²) in [7, 11) is 3.33. The molecule has 0 aliphatic carbocycles. The number of ether oxygens (including phenoxy) is 3. The second-order valence-electron chi connectivity index (χ2n) is 10.4. The number of nitrogens with zero attached hydrogens (tertiary/aromatic N) is 3. The van der Waals surface area contributed by atoms with E-state index < -0.39 is 11.5 Å². The summed E-state index contributed by atoms with van der Waals surface area (Å²) < 4.78 is 18.7. The van der Waals surface area contributed by atoms with Crippen molar-refractivity contribution in [1.29, 1.82) is 5.26 Å². The molecule has 0 radical (unpaired) electrons. The summed E-state index contributed by atoms with van der Waals surface area (Å²) in [6.45, 7) is 6.60. The Morgan fingerprint density at radius 2 is 1.86 bits per heavy atom. The smallest absolute Gasteiger partial charge is 0.410 e. The molecular weight excluding hydrogens is 470 g/mol. The Kier molecular flexibility index (Phi) is 7.44. The number of nitriles is 1. The lowest BCUT2D eigenvalue weighted by Crippen LogP contribution is -2.36. The predicted molar refractivity (Wildman–Crippen MR) is 139 cm³/mol. The van der Waals surface area contributed by atoms with E-state index in [0.29, 0.717) is 30.8 Å². The Bertz CT molecular complexity index is 1330. The number of aromatic nitrogens is 1. The summed E-state index contributed by atoms with van der Waals surface area (Å²) in [4.78, 5) is 26.7. The largest absolute Gasteiger partial charge is 0.489 e. The van der Waals surface area contributed by atoms with E-state index in [2.05, 4.69) is 6.07 Å². The lowest BCUT2D eigenvalue weighted by molar-refractivity contribution is -0.142. The Balaban J connectivity index is 1.45. The number of hydrogen-bond acceptors (Lipinski definition) is 6. The molecule has 0 saturated carbocycles. The lowest BCUT2D eigenvalue weighted by atomic mass is 9.94. The van der Waals surface area contributed by atoms with Gasteiger partial charge in [0.25, 0.3) is 0 Å². The van der Waals surface area contributed by atoms with Gasteiger partial charge in [-0.15, -0.1) is 0 Å². The maximum Gasteiger partial charge on any atom is 0.410 e. The van der Waals surface area contributed by atoms with Crippen molar-refractivity contribution < 1.29 is 23.8 Å². The zero-order valence-corrected chi connectivity index (χ0v) is 22.0. The van der Waals surface area contributed by atoms with Crippen molar-refractivity contribution in [1.82, 2.24) is 9.47 Å². The van der Waals surface area contributed by atoms with Gasteiger partial charge in [0.1, 0.15) is 17.5 Å². The zero-order valence-electron chi connectivity index (χ0n) is 22.0. The molecule has 1 fully saturated rings. The van der Waals surface area contributed by atoms with Crippen molar-refractivity contribution in [3.8, 4) is 11.8 Å². The number of carbonyl (C=O) groups excluding carboxylic acids is 2. The summed E-state index contributed by atoms with van der Waals surface area (Å²) in [5.41, 5.74) is 2.79. The van der Waals surface area contributed by atoms with Gasteiger partial charge in [0.05, 0.1) is 31.2 Å². The summed E-state index contributed by atoms with van der Waals surface area (Å²) in [6.07, 6.45) is 0.726. The maximum absolute atomic E-state index is 12.8. The molecule has 2 aromatic carbocycles. The van der Waals surface area contributed by atoms with Crippen LogP contribution >= 0.6 is 0 Å². The van der Waals surface area contributed by atoms with Crippen LogP contribution in [0.15, 0.2) is 48.5 Å². The Morgan fingerprint density at radius 1 is 1.14 bits per heavy atom. The van der Waals surface area contributed by atoms with Crippen LogP contribution in [-0.2, 0) is 27.7 Å². The fourth-order valence-corrected chi connectivity index (χ4v) is 4.63. The fraction of sp³-hybridized carbons (Fsp3) is 0.414. The molecule has 8 heteroatoms. The zero-order chi connectivity index (χ0) is 26.7. The number of esters is 1. The van der Waals surface area contributed by atoms with E-state index >= 15 is 0 Å². The molecule has 1 aliphatic heterocycles. The normalized spacial score (nSPS) is 16.3. The summed E-state index contributed by atoms with van der Waals surface area (Å²) in [6, 6.07) is 17.2. The average molecular weight is 504 g/mol. The first-order chi connectivity index (χ1) is 17.6. The second kappa shape index (κ2) is 10.6. The molecule has 1 amide bonds. The Hall–Kier alpha value is -3.99. The minimum Gasteiger partial charge on any atom is -0.489 e. The van der Waals surface area contributed by atoms with Crippen LogP contribution in [0.25, 0.3) is 10.9 Å². The first-order valence-electron chi connectivity index (χ1n) is 12.4. The number of rotatable bonds is 6. The third kappa shape index (κ3) is 6.05. The first-order valence-corrected chi connectivity index (χ1v) is 12.4. The van der Waals surface area contributed by atoms with Gasteiger partial charge in [0.15, 0.2) is 0 Å². The minimum atomic E-state index is -0.534. The van der Waals surface area contributed by atoms with Gasteiger partial charge in [0.2, 0.25) is 0 Å². The SMILES string of the molecule is COC(=O)C(Cc1cc2ccc(C#N)cc2n1C)c1ccc(O[C@H]2CCN(C(=O)OC(C)(C)C)C2)cc1. The van der Waals surface area contributed by atoms with Gasteiger partial charge in [-0.1, -0.05) is 18.2 Å². The van der Waals surface area contributed by atoms with E-state index in [9.17, 15) is 14.9 Å². The van der Waals surface area contributed by atoms with Crippen molar-refractivity contribution in [3.05, 3.63) is 65.4 Å². The molecule has 194 valence electrons. The molecule has 1 unspecified atom stereocenters. The van der Waals surface area contributed by atoms with Crippen molar-refractivity contribution in [3.63, 3.8) is 0 Å². The summed E-state index contributed by atoms with van der Waals surface area (Å²) in [5.74, 6) is -0.135. The van der Waals surface area contributed by atoms with E-state index in [1.54, 1.807) is 11.0 Å². The fourth-order valence-electron chi connectivity index (χ4n) is 4.63. The Morgan fingerprint density at radius 3 is 2.51 bits per heavy atom. The van der Waals surface area contributed by atoms with Crippen LogP contribution in [0.3, 0.4) is 0 Å². The number of methoxy groups -OCH3 is 1. The molecule has 4 rings (SSSR count). The number of likely N-dealkylation sites (tertiary alicyclic amines) is 1. The lowest BCUT2D eigenvalue weighted by Gasteiger charge is -2.24.